The number of likely N-dealkylation sites (tertiary alicyclic amines) is 1. The highest BCUT2D eigenvalue weighted by Crippen LogP contribution is 2.21. The van der Waals surface area contributed by atoms with Crippen LogP contribution in [0.5, 0.6) is 0 Å². The van der Waals surface area contributed by atoms with E-state index in [4.69, 9.17) is 0 Å². The van der Waals surface area contributed by atoms with Gasteiger partial charge in [-0.25, -0.2) is 0 Å². The van der Waals surface area contributed by atoms with Crippen molar-refractivity contribution in [3.8, 4) is 0 Å². The Balaban J connectivity index is 0.00000200. The Kier molecular flexibility index (Phi) is 6.70. The summed E-state index contributed by atoms with van der Waals surface area (Å²) in [4.78, 5) is 15.2. The van der Waals surface area contributed by atoms with Crippen LogP contribution in [0.15, 0.2) is 18.2 Å². The van der Waals surface area contributed by atoms with Crippen molar-refractivity contribution in [3.63, 3.8) is 0 Å². The third-order valence-corrected chi connectivity index (χ3v) is 4.10. The van der Waals surface area contributed by atoms with Gasteiger partial charge < -0.3 is 0 Å². The van der Waals surface area contributed by atoms with Crippen LogP contribution in [-0.2, 0) is 0 Å². The minimum atomic E-state index is 0. The van der Waals surface area contributed by atoms with Crippen LogP contribution < -0.4 is 0 Å². The van der Waals surface area contributed by atoms with Crippen LogP contribution in [0, 0.1) is 13.8 Å². The molecule has 20 heavy (non-hydrogen) atoms. The molecule has 3 heteroatoms. The van der Waals surface area contributed by atoms with E-state index in [2.05, 4.69) is 36.9 Å². The van der Waals surface area contributed by atoms with E-state index >= 15 is 0 Å². The summed E-state index contributed by atoms with van der Waals surface area (Å²) in [5.74, 6) is 0.324. The van der Waals surface area contributed by atoms with Gasteiger partial charge >= 0.3 is 0 Å². The van der Waals surface area contributed by atoms with Crippen LogP contribution >= 0.6 is 12.4 Å². The number of nitrogens with zero attached hydrogens (tertiary/aromatic N) is 1. The Bertz CT molecular complexity index is 452. The fraction of sp³-hybridized carbons (Fsp3) is 0.588. The molecule has 0 spiro atoms. The second kappa shape index (κ2) is 7.80. The first-order valence-corrected chi connectivity index (χ1v) is 7.49. The van der Waals surface area contributed by atoms with E-state index in [9.17, 15) is 4.79 Å². The van der Waals surface area contributed by atoms with Crippen molar-refractivity contribution in [2.24, 2.45) is 0 Å². The number of rotatable bonds is 5. The largest absolute Gasteiger partial charge is 0.293 e. The third-order valence-electron chi connectivity index (χ3n) is 4.10. The molecule has 112 valence electrons. The Morgan fingerprint density at radius 3 is 2.50 bits per heavy atom. The summed E-state index contributed by atoms with van der Waals surface area (Å²) in [6.07, 6.45) is 4.52. The third kappa shape index (κ3) is 3.83. The lowest BCUT2D eigenvalue weighted by molar-refractivity contribution is 0.0836. The molecule has 0 radical (unpaired) electrons. The lowest BCUT2D eigenvalue weighted by Gasteiger charge is -2.26. The molecule has 0 amide bonds. The maximum Gasteiger partial charge on any atom is 0.180 e. The van der Waals surface area contributed by atoms with E-state index in [1.54, 1.807) is 0 Å². The van der Waals surface area contributed by atoms with E-state index < -0.39 is 0 Å². The van der Waals surface area contributed by atoms with Crippen molar-refractivity contribution in [2.45, 2.75) is 52.5 Å². The molecule has 1 saturated heterocycles. The molecule has 0 bridgehead atoms. The molecule has 1 aliphatic rings. The predicted molar refractivity (Wildman–Crippen MR) is 87.0 cm³/mol. The SMILES string of the molecule is CCCC(C(=O)c1cc(C)ccc1C)N1CCCC1.Cl. The van der Waals surface area contributed by atoms with Crippen molar-refractivity contribution in [1.82, 2.24) is 4.90 Å². The molecule has 1 heterocycles. The number of halogens is 1. The van der Waals surface area contributed by atoms with Gasteiger partial charge in [0, 0.05) is 5.56 Å². The summed E-state index contributed by atoms with van der Waals surface area (Å²) in [6, 6.07) is 6.29. The van der Waals surface area contributed by atoms with Gasteiger partial charge in [-0.3, -0.25) is 9.69 Å². The molecule has 2 nitrogen and oxygen atoms in total. The first-order valence-electron chi connectivity index (χ1n) is 7.49. The average Bonchev–Trinajstić information content (AvgIpc) is 2.92. The van der Waals surface area contributed by atoms with Crippen LogP contribution in [0.3, 0.4) is 0 Å². The molecule has 1 aromatic carbocycles. The highest BCUT2D eigenvalue weighted by molar-refractivity contribution is 6.01. The quantitative estimate of drug-likeness (QED) is 0.760. The molecule has 1 unspecified atom stereocenters. The lowest BCUT2D eigenvalue weighted by atomic mass is 9.94. The normalized spacial score (nSPS) is 16.8. The maximum absolute atomic E-state index is 12.9. The number of aryl methyl sites for hydroxylation is 2. The fourth-order valence-electron chi connectivity index (χ4n) is 2.99. The number of carbonyl (C=O) groups excluding carboxylic acids is 1. The van der Waals surface area contributed by atoms with Crippen molar-refractivity contribution < 1.29 is 4.79 Å². The van der Waals surface area contributed by atoms with Gasteiger partial charge in [0.2, 0.25) is 0 Å². The van der Waals surface area contributed by atoms with Gasteiger partial charge in [-0.2, -0.15) is 0 Å². The smallest absolute Gasteiger partial charge is 0.180 e. The second-order valence-corrected chi connectivity index (χ2v) is 5.73. The number of ketones is 1. The van der Waals surface area contributed by atoms with Crippen LogP contribution in [0.1, 0.15) is 54.1 Å². The molecular weight excluding hydrogens is 270 g/mol. The summed E-state index contributed by atoms with van der Waals surface area (Å²) in [7, 11) is 0. The number of carbonyl (C=O) groups is 1. The number of hydrogen-bond donors (Lipinski definition) is 0. The molecule has 0 N–H and O–H groups in total. The van der Waals surface area contributed by atoms with Crippen molar-refractivity contribution in [3.05, 3.63) is 34.9 Å². The molecule has 0 saturated carbocycles. The minimum Gasteiger partial charge on any atom is -0.293 e. The zero-order valence-electron chi connectivity index (χ0n) is 12.8. The minimum absolute atomic E-state index is 0. The first kappa shape index (κ1) is 17.2. The predicted octanol–water partition coefficient (Wildman–Crippen LogP) is 4.17. The maximum atomic E-state index is 12.9. The summed E-state index contributed by atoms with van der Waals surface area (Å²) in [5.41, 5.74) is 3.20. The summed E-state index contributed by atoms with van der Waals surface area (Å²) in [6.45, 7) is 8.43. The van der Waals surface area contributed by atoms with Gasteiger partial charge in [-0.1, -0.05) is 31.0 Å². The fourth-order valence-corrected chi connectivity index (χ4v) is 2.99. The Hall–Kier alpha value is -0.860. The molecule has 0 aromatic heterocycles. The van der Waals surface area contributed by atoms with Gasteiger partial charge in [-0.15, -0.1) is 12.4 Å². The summed E-state index contributed by atoms with van der Waals surface area (Å²) < 4.78 is 0. The van der Waals surface area contributed by atoms with Gasteiger partial charge in [0.25, 0.3) is 0 Å². The molecule has 1 fully saturated rings. The van der Waals surface area contributed by atoms with Crippen molar-refractivity contribution in [2.75, 3.05) is 13.1 Å². The number of hydrogen-bond acceptors (Lipinski definition) is 2. The molecule has 2 rings (SSSR count). The molecule has 1 atom stereocenters. The van der Waals surface area contributed by atoms with Crippen LogP contribution in [0.4, 0.5) is 0 Å². The monoisotopic (exact) mass is 295 g/mol. The zero-order chi connectivity index (χ0) is 13.8. The molecule has 1 aromatic rings. The first-order chi connectivity index (χ1) is 9.13. The zero-order valence-corrected chi connectivity index (χ0v) is 13.6. The Morgan fingerprint density at radius 2 is 1.90 bits per heavy atom. The van der Waals surface area contributed by atoms with E-state index in [0.717, 1.165) is 37.1 Å². The number of benzene rings is 1. The van der Waals surface area contributed by atoms with Gasteiger partial charge in [0.15, 0.2) is 5.78 Å². The Labute approximate surface area is 129 Å². The Morgan fingerprint density at radius 1 is 1.25 bits per heavy atom. The number of Topliss-reactive ketones (excluding diaryl/α,β-unsaturated/α-hetero) is 1. The van der Waals surface area contributed by atoms with E-state index in [1.165, 1.54) is 18.4 Å². The van der Waals surface area contributed by atoms with Crippen LogP contribution in [0.25, 0.3) is 0 Å². The average molecular weight is 296 g/mol. The van der Waals surface area contributed by atoms with E-state index in [1.807, 2.05) is 6.92 Å². The van der Waals surface area contributed by atoms with Crippen molar-refractivity contribution in [1.29, 1.82) is 0 Å². The van der Waals surface area contributed by atoms with E-state index in [0.29, 0.717) is 5.78 Å². The highest BCUT2D eigenvalue weighted by atomic mass is 35.5. The van der Waals surface area contributed by atoms with Crippen molar-refractivity contribution >= 4 is 18.2 Å². The van der Waals surface area contributed by atoms with Gasteiger partial charge in [0.05, 0.1) is 6.04 Å². The highest BCUT2D eigenvalue weighted by Gasteiger charge is 2.28. The van der Waals surface area contributed by atoms with Gasteiger partial charge in [-0.05, 0) is 57.8 Å². The standard InChI is InChI=1S/C17H25NO.ClH/c1-4-7-16(18-10-5-6-11-18)17(19)15-12-13(2)8-9-14(15)3;/h8-9,12,16H,4-7,10-11H2,1-3H3;1H. The molecule has 0 aliphatic carbocycles. The topological polar surface area (TPSA) is 20.3 Å². The van der Waals surface area contributed by atoms with E-state index in [-0.39, 0.29) is 18.4 Å². The van der Waals surface area contributed by atoms with Crippen LogP contribution in [-0.4, -0.2) is 29.8 Å². The molecular formula is C17H26ClNO. The summed E-state index contributed by atoms with van der Waals surface area (Å²) >= 11 is 0. The lowest BCUT2D eigenvalue weighted by Crippen LogP contribution is -2.39. The second-order valence-electron chi connectivity index (χ2n) is 5.73. The van der Waals surface area contributed by atoms with Crippen LogP contribution in [0.2, 0.25) is 0 Å². The molecule has 1 aliphatic heterocycles. The van der Waals surface area contributed by atoms with Gasteiger partial charge in [0.1, 0.15) is 0 Å². The summed E-state index contributed by atoms with van der Waals surface area (Å²) in [5, 5.41) is 0.